The molecule has 3 heterocycles. The van der Waals surface area contributed by atoms with Gasteiger partial charge in [0, 0.05) is 63.1 Å². The third-order valence-electron chi connectivity index (χ3n) is 7.27. The van der Waals surface area contributed by atoms with Gasteiger partial charge < -0.3 is 14.9 Å². The highest BCUT2D eigenvalue weighted by atomic mass is 16.6. The lowest BCUT2D eigenvalue weighted by Gasteiger charge is -2.36. The van der Waals surface area contributed by atoms with Crippen LogP contribution in [0.3, 0.4) is 0 Å². The minimum absolute atomic E-state index is 0.106. The van der Waals surface area contributed by atoms with Crippen LogP contribution in [0.15, 0.2) is 53.2 Å². The number of hydrogen-bond donors (Lipinski definition) is 1. The van der Waals surface area contributed by atoms with Gasteiger partial charge in [0.2, 0.25) is 0 Å². The lowest BCUT2D eigenvalue weighted by Crippen LogP contribution is -2.50. The minimum atomic E-state index is 0.106. The minimum Gasteiger partial charge on any atom is -0.496 e. The zero-order valence-corrected chi connectivity index (χ0v) is 20.6. The molecule has 180 valence electrons. The number of benzene rings is 2. The second kappa shape index (κ2) is 10.2. The van der Waals surface area contributed by atoms with Crippen LogP contribution < -0.4 is 10.1 Å². The average molecular weight is 461 g/mol. The van der Waals surface area contributed by atoms with Crippen LogP contribution in [0, 0.1) is 5.92 Å². The van der Waals surface area contributed by atoms with Crippen molar-refractivity contribution in [3.8, 4) is 5.75 Å². The first-order valence-electron chi connectivity index (χ1n) is 12.5. The van der Waals surface area contributed by atoms with E-state index >= 15 is 0 Å². The Kier molecular flexibility index (Phi) is 6.88. The summed E-state index contributed by atoms with van der Waals surface area (Å²) < 4.78 is 5.57. The van der Waals surface area contributed by atoms with Crippen LogP contribution in [0.5, 0.6) is 5.75 Å². The first kappa shape index (κ1) is 22.9. The van der Waals surface area contributed by atoms with Gasteiger partial charge in [0.25, 0.3) is 0 Å². The third kappa shape index (κ3) is 4.84. The van der Waals surface area contributed by atoms with Crippen molar-refractivity contribution in [1.82, 2.24) is 9.80 Å². The van der Waals surface area contributed by atoms with E-state index in [1.54, 1.807) is 7.11 Å². The summed E-state index contributed by atoms with van der Waals surface area (Å²) in [5.41, 5.74) is 7.26. The van der Waals surface area contributed by atoms with E-state index in [2.05, 4.69) is 82.7 Å². The lowest BCUT2D eigenvalue weighted by molar-refractivity contribution is 0.0203. The van der Waals surface area contributed by atoms with Gasteiger partial charge in [0.05, 0.1) is 18.7 Å². The maximum Gasteiger partial charge on any atom is 0.150 e. The smallest absolute Gasteiger partial charge is 0.150 e. The molecule has 5 rings (SSSR count). The Labute approximate surface area is 203 Å². The van der Waals surface area contributed by atoms with Crippen LogP contribution in [-0.2, 0) is 11.3 Å². The molecule has 0 aliphatic carbocycles. The maximum absolute atomic E-state index is 6.00. The highest BCUT2D eigenvalue weighted by molar-refractivity contribution is 6.09. The molecule has 2 unspecified atom stereocenters. The molecule has 3 aliphatic heterocycles. The highest BCUT2D eigenvalue weighted by Gasteiger charge is 2.40. The van der Waals surface area contributed by atoms with Gasteiger partial charge in [-0.3, -0.25) is 9.80 Å². The Bertz CT molecular complexity index is 1060. The standard InChI is InChI=1S/C28H36N4O2/c1-4-22-15-23-25(16-26(22)33-3)29-17-24-27(34-30-28(23)24)19-32-12-10-31(11-13-32)18-20(2)14-21-8-6-5-7-9-21/h5-9,14-16,24,27,29H,4,10-13,17-19H2,1-3H3/b20-14+. The van der Waals surface area contributed by atoms with Crippen LogP contribution in [0.25, 0.3) is 6.08 Å². The summed E-state index contributed by atoms with van der Waals surface area (Å²) in [5, 5.41) is 8.16. The van der Waals surface area contributed by atoms with Crippen molar-refractivity contribution in [3.63, 3.8) is 0 Å². The van der Waals surface area contributed by atoms with E-state index < -0.39 is 0 Å². The van der Waals surface area contributed by atoms with E-state index in [0.29, 0.717) is 5.92 Å². The molecular formula is C28H36N4O2. The van der Waals surface area contributed by atoms with E-state index in [0.717, 1.165) is 69.4 Å². The van der Waals surface area contributed by atoms with Crippen molar-refractivity contribution in [2.45, 2.75) is 26.4 Å². The van der Waals surface area contributed by atoms with Crippen LogP contribution in [0.1, 0.15) is 30.5 Å². The Morgan fingerprint density at radius 2 is 1.91 bits per heavy atom. The van der Waals surface area contributed by atoms with Crippen molar-refractivity contribution in [3.05, 3.63) is 64.7 Å². The van der Waals surface area contributed by atoms with Gasteiger partial charge in [-0.25, -0.2) is 0 Å². The van der Waals surface area contributed by atoms with Gasteiger partial charge in [-0.05, 0) is 30.5 Å². The molecule has 0 spiro atoms. The second-order valence-corrected chi connectivity index (χ2v) is 9.65. The lowest BCUT2D eigenvalue weighted by atomic mass is 9.86. The number of anilines is 1. The number of methoxy groups -OCH3 is 1. The maximum atomic E-state index is 6.00. The normalized spacial score (nSPS) is 22.9. The number of aryl methyl sites for hydroxylation is 1. The first-order valence-corrected chi connectivity index (χ1v) is 12.5. The molecule has 2 aromatic rings. The summed E-state index contributed by atoms with van der Waals surface area (Å²) in [4.78, 5) is 11.1. The van der Waals surface area contributed by atoms with E-state index in [-0.39, 0.29) is 6.10 Å². The Hall–Kier alpha value is -2.83. The van der Waals surface area contributed by atoms with Crippen molar-refractivity contribution in [1.29, 1.82) is 0 Å². The van der Waals surface area contributed by atoms with E-state index in [4.69, 9.17) is 9.57 Å². The van der Waals surface area contributed by atoms with Gasteiger partial charge in [0.1, 0.15) is 11.9 Å². The summed E-state index contributed by atoms with van der Waals surface area (Å²) in [6.07, 6.45) is 3.34. The molecule has 2 aromatic carbocycles. The van der Waals surface area contributed by atoms with Gasteiger partial charge in [-0.1, -0.05) is 54.1 Å². The van der Waals surface area contributed by atoms with Crippen molar-refractivity contribution in [2.75, 3.05) is 58.2 Å². The number of fused-ring (bicyclic) bond motifs is 3. The average Bonchev–Trinajstić information content (AvgIpc) is 3.28. The molecule has 0 radical (unpaired) electrons. The molecule has 34 heavy (non-hydrogen) atoms. The third-order valence-corrected chi connectivity index (χ3v) is 7.27. The molecule has 0 bridgehead atoms. The highest BCUT2D eigenvalue weighted by Crippen LogP contribution is 2.36. The predicted octanol–water partition coefficient (Wildman–Crippen LogP) is 4.12. The van der Waals surface area contributed by atoms with Crippen LogP contribution in [0.2, 0.25) is 0 Å². The van der Waals surface area contributed by atoms with Gasteiger partial charge in [-0.2, -0.15) is 0 Å². The van der Waals surface area contributed by atoms with Gasteiger partial charge in [-0.15, -0.1) is 0 Å². The van der Waals surface area contributed by atoms with E-state index in [9.17, 15) is 0 Å². The Morgan fingerprint density at radius 3 is 2.65 bits per heavy atom. The Morgan fingerprint density at radius 1 is 1.15 bits per heavy atom. The molecule has 0 amide bonds. The predicted molar refractivity (Wildman–Crippen MR) is 139 cm³/mol. The number of piperazine rings is 1. The topological polar surface area (TPSA) is 49.3 Å². The number of ether oxygens (including phenoxy) is 1. The molecule has 0 aromatic heterocycles. The monoisotopic (exact) mass is 460 g/mol. The van der Waals surface area contributed by atoms with Gasteiger partial charge in [0.15, 0.2) is 0 Å². The molecule has 1 saturated heterocycles. The Balaban J connectivity index is 1.15. The summed E-state index contributed by atoms with van der Waals surface area (Å²) >= 11 is 0. The SMILES string of the molecule is CCc1cc2c(cc1OC)NCC1C2=NOC1CN1CCN(C/C(C)=C/c2ccccc2)CC1. The van der Waals surface area contributed by atoms with Crippen LogP contribution >= 0.6 is 0 Å². The number of nitrogens with zero attached hydrogens (tertiary/aromatic N) is 3. The number of hydrogen-bond acceptors (Lipinski definition) is 6. The first-order chi connectivity index (χ1) is 16.6. The second-order valence-electron chi connectivity index (χ2n) is 9.65. The molecule has 1 N–H and O–H groups in total. The van der Waals surface area contributed by atoms with Crippen molar-refractivity contribution < 1.29 is 9.57 Å². The van der Waals surface area contributed by atoms with Crippen LogP contribution in [0.4, 0.5) is 5.69 Å². The molecule has 6 nitrogen and oxygen atoms in total. The number of oxime groups is 1. The number of rotatable bonds is 7. The van der Waals surface area contributed by atoms with E-state index in [1.165, 1.54) is 22.3 Å². The summed E-state index contributed by atoms with van der Waals surface area (Å²) in [7, 11) is 1.74. The van der Waals surface area contributed by atoms with Crippen LogP contribution in [-0.4, -0.2) is 74.5 Å². The zero-order chi connectivity index (χ0) is 23.5. The molecule has 6 heteroatoms. The molecule has 2 atom stereocenters. The van der Waals surface area contributed by atoms with E-state index in [1.807, 2.05) is 0 Å². The summed E-state index contributed by atoms with van der Waals surface area (Å²) in [5.74, 6) is 1.23. The fourth-order valence-corrected chi connectivity index (χ4v) is 5.36. The van der Waals surface area contributed by atoms with Crippen molar-refractivity contribution in [2.24, 2.45) is 11.1 Å². The molecule has 3 aliphatic rings. The number of nitrogens with one attached hydrogen (secondary N) is 1. The molecule has 0 saturated carbocycles. The summed E-state index contributed by atoms with van der Waals surface area (Å²) in [6, 6.07) is 14.9. The molecular weight excluding hydrogens is 424 g/mol. The van der Waals surface area contributed by atoms with Crippen molar-refractivity contribution >= 4 is 17.5 Å². The fraction of sp³-hybridized carbons (Fsp3) is 0.464. The summed E-state index contributed by atoms with van der Waals surface area (Å²) in [6.45, 7) is 11.5. The largest absolute Gasteiger partial charge is 0.496 e. The zero-order valence-electron chi connectivity index (χ0n) is 20.6. The molecule has 1 fully saturated rings. The van der Waals surface area contributed by atoms with Gasteiger partial charge >= 0.3 is 0 Å². The quantitative estimate of drug-likeness (QED) is 0.674. The fourth-order valence-electron chi connectivity index (χ4n) is 5.36.